The fraction of sp³-hybridized carbons (Fsp3) is 0.278. The topological polar surface area (TPSA) is 38.3 Å². The molecule has 2 aromatic carbocycles. The number of alkyl halides is 3. The third-order valence-electron chi connectivity index (χ3n) is 4.11. The molecular formula is C18H14ClF4NO2. The minimum absolute atomic E-state index is 0.0258. The SMILES string of the molecule is CC(C)C1C(=O)Nc2ccc(Oc3c(F)cc(C(F)(F)F)cc3Cl)cc21. The van der Waals surface area contributed by atoms with Gasteiger partial charge in [0.2, 0.25) is 5.91 Å². The molecule has 26 heavy (non-hydrogen) atoms. The lowest BCUT2D eigenvalue weighted by molar-refractivity contribution is -0.137. The second-order valence-corrected chi connectivity index (χ2v) is 6.74. The Kier molecular flexibility index (Phi) is 4.60. The first-order valence-electron chi connectivity index (χ1n) is 7.77. The molecular weight excluding hydrogens is 374 g/mol. The summed E-state index contributed by atoms with van der Waals surface area (Å²) in [5, 5.41) is 2.25. The molecule has 0 spiro atoms. The number of nitrogens with one attached hydrogen (secondary N) is 1. The number of hydrogen-bond donors (Lipinski definition) is 1. The molecule has 1 aliphatic rings. The van der Waals surface area contributed by atoms with E-state index >= 15 is 0 Å². The molecule has 1 atom stereocenters. The molecule has 0 fully saturated rings. The Morgan fingerprint density at radius 1 is 1.19 bits per heavy atom. The number of ether oxygens (including phenoxy) is 1. The predicted molar refractivity (Wildman–Crippen MR) is 89.1 cm³/mol. The highest BCUT2D eigenvalue weighted by atomic mass is 35.5. The summed E-state index contributed by atoms with van der Waals surface area (Å²) in [7, 11) is 0. The van der Waals surface area contributed by atoms with Crippen LogP contribution < -0.4 is 10.1 Å². The summed E-state index contributed by atoms with van der Waals surface area (Å²) in [6, 6.07) is 5.58. The van der Waals surface area contributed by atoms with E-state index in [-0.39, 0.29) is 23.5 Å². The lowest BCUT2D eigenvalue weighted by Gasteiger charge is -2.15. The van der Waals surface area contributed by atoms with Crippen molar-refractivity contribution in [2.24, 2.45) is 5.92 Å². The van der Waals surface area contributed by atoms with Crippen molar-refractivity contribution < 1.29 is 27.1 Å². The van der Waals surface area contributed by atoms with Crippen LogP contribution in [-0.2, 0) is 11.0 Å². The summed E-state index contributed by atoms with van der Waals surface area (Å²) in [4.78, 5) is 12.0. The quantitative estimate of drug-likeness (QED) is 0.658. The molecule has 0 aromatic heterocycles. The second-order valence-electron chi connectivity index (χ2n) is 6.33. The van der Waals surface area contributed by atoms with Gasteiger partial charge in [-0.05, 0) is 41.8 Å². The summed E-state index contributed by atoms with van der Waals surface area (Å²) in [5.74, 6) is -2.06. The molecule has 0 saturated heterocycles. The van der Waals surface area contributed by atoms with Crippen molar-refractivity contribution in [2.45, 2.75) is 25.9 Å². The number of halogens is 5. The molecule has 0 bridgehead atoms. The molecule has 8 heteroatoms. The minimum Gasteiger partial charge on any atom is -0.453 e. The molecule has 1 N–H and O–H groups in total. The highest BCUT2D eigenvalue weighted by Gasteiger charge is 2.34. The Morgan fingerprint density at radius 3 is 2.46 bits per heavy atom. The number of amides is 1. The zero-order chi connectivity index (χ0) is 19.2. The highest BCUT2D eigenvalue weighted by molar-refractivity contribution is 6.32. The Balaban J connectivity index is 1.95. The van der Waals surface area contributed by atoms with Crippen molar-refractivity contribution in [1.29, 1.82) is 0 Å². The number of carbonyl (C=O) groups excluding carboxylic acids is 1. The minimum atomic E-state index is -4.72. The van der Waals surface area contributed by atoms with Crippen molar-refractivity contribution in [3.63, 3.8) is 0 Å². The van der Waals surface area contributed by atoms with E-state index in [2.05, 4.69) is 5.32 Å². The van der Waals surface area contributed by atoms with Gasteiger partial charge in [-0.15, -0.1) is 0 Å². The Hall–Kier alpha value is -2.28. The van der Waals surface area contributed by atoms with Crippen LogP contribution in [0.1, 0.15) is 30.9 Å². The maximum atomic E-state index is 14.1. The van der Waals surface area contributed by atoms with Crippen LogP contribution in [-0.4, -0.2) is 5.91 Å². The van der Waals surface area contributed by atoms with Crippen LogP contribution in [0.4, 0.5) is 23.2 Å². The smallest absolute Gasteiger partial charge is 0.416 e. The first-order chi connectivity index (χ1) is 12.1. The van der Waals surface area contributed by atoms with Crippen molar-refractivity contribution in [3.05, 3.63) is 52.3 Å². The molecule has 1 amide bonds. The number of anilines is 1. The number of rotatable bonds is 3. The maximum Gasteiger partial charge on any atom is 0.416 e. The van der Waals surface area contributed by atoms with Crippen LogP contribution in [0, 0.1) is 11.7 Å². The zero-order valence-electron chi connectivity index (χ0n) is 13.7. The van der Waals surface area contributed by atoms with Gasteiger partial charge >= 0.3 is 6.18 Å². The molecule has 1 aliphatic heterocycles. The number of fused-ring (bicyclic) bond motifs is 1. The van der Waals surface area contributed by atoms with Gasteiger partial charge in [-0.2, -0.15) is 13.2 Å². The molecule has 2 aromatic rings. The van der Waals surface area contributed by atoms with Gasteiger partial charge in [0.1, 0.15) is 5.75 Å². The second kappa shape index (κ2) is 6.46. The highest BCUT2D eigenvalue weighted by Crippen LogP contribution is 2.42. The molecule has 0 saturated carbocycles. The monoisotopic (exact) mass is 387 g/mol. The molecule has 3 rings (SSSR count). The van der Waals surface area contributed by atoms with Crippen LogP contribution in [0.15, 0.2) is 30.3 Å². The lowest BCUT2D eigenvalue weighted by Crippen LogP contribution is -2.16. The lowest BCUT2D eigenvalue weighted by atomic mass is 9.90. The zero-order valence-corrected chi connectivity index (χ0v) is 14.5. The van der Waals surface area contributed by atoms with Crippen LogP contribution in [0.5, 0.6) is 11.5 Å². The van der Waals surface area contributed by atoms with E-state index in [1.165, 1.54) is 6.07 Å². The largest absolute Gasteiger partial charge is 0.453 e. The van der Waals surface area contributed by atoms with Crippen LogP contribution in [0.25, 0.3) is 0 Å². The summed E-state index contributed by atoms with van der Waals surface area (Å²) < 4.78 is 57.6. The van der Waals surface area contributed by atoms with E-state index < -0.39 is 28.3 Å². The third-order valence-corrected chi connectivity index (χ3v) is 4.39. The van der Waals surface area contributed by atoms with E-state index in [4.69, 9.17) is 16.3 Å². The standard InChI is InChI=1S/C18H14ClF4NO2/c1-8(2)15-11-7-10(3-4-14(11)24-17(15)25)26-16-12(19)5-9(6-13(16)20)18(21,22)23/h3-8,15H,1-2H3,(H,24,25). The molecule has 0 radical (unpaired) electrons. The van der Waals surface area contributed by atoms with Crippen LogP contribution in [0.3, 0.4) is 0 Å². The van der Waals surface area contributed by atoms with E-state index in [9.17, 15) is 22.4 Å². The van der Waals surface area contributed by atoms with Gasteiger partial charge in [0, 0.05) is 5.69 Å². The van der Waals surface area contributed by atoms with Crippen molar-refractivity contribution in [3.8, 4) is 11.5 Å². The first-order valence-corrected chi connectivity index (χ1v) is 8.14. The van der Waals surface area contributed by atoms with Crippen molar-refractivity contribution in [1.82, 2.24) is 0 Å². The number of benzene rings is 2. The van der Waals surface area contributed by atoms with Crippen molar-refractivity contribution in [2.75, 3.05) is 5.32 Å². The normalized spacial score (nSPS) is 16.6. The van der Waals surface area contributed by atoms with E-state index in [0.29, 0.717) is 23.4 Å². The van der Waals surface area contributed by atoms with Gasteiger partial charge < -0.3 is 10.1 Å². The average molecular weight is 388 g/mol. The Labute approximate surface area is 151 Å². The molecule has 1 unspecified atom stereocenters. The summed E-state index contributed by atoms with van der Waals surface area (Å²) >= 11 is 5.78. The van der Waals surface area contributed by atoms with Gasteiger partial charge in [0.15, 0.2) is 11.6 Å². The van der Waals surface area contributed by atoms with Crippen LogP contribution >= 0.6 is 11.6 Å². The average Bonchev–Trinajstić information content (AvgIpc) is 2.84. The van der Waals surface area contributed by atoms with E-state index in [1.54, 1.807) is 12.1 Å². The summed E-state index contributed by atoms with van der Waals surface area (Å²) in [5.41, 5.74) is 0.113. The molecule has 0 aliphatic carbocycles. The first kappa shape index (κ1) is 18.5. The Morgan fingerprint density at radius 2 is 1.88 bits per heavy atom. The number of hydrogen-bond acceptors (Lipinski definition) is 2. The fourth-order valence-electron chi connectivity index (χ4n) is 2.93. The van der Waals surface area contributed by atoms with Gasteiger partial charge in [0.05, 0.1) is 16.5 Å². The van der Waals surface area contributed by atoms with Gasteiger partial charge in [0.25, 0.3) is 0 Å². The van der Waals surface area contributed by atoms with Gasteiger partial charge in [-0.25, -0.2) is 4.39 Å². The third kappa shape index (κ3) is 3.35. The summed E-state index contributed by atoms with van der Waals surface area (Å²) in [6.45, 7) is 3.78. The maximum absolute atomic E-state index is 14.1. The fourth-order valence-corrected chi connectivity index (χ4v) is 3.17. The van der Waals surface area contributed by atoms with E-state index in [1.807, 2.05) is 13.8 Å². The van der Waals surface area contributed by atoms with Crippen molar-refractivity contribution >= 4 is 23.2 Å². The number of carbonyl (C=O) groups is 1. The molecule has 138 valence electrons. The molecule has 3 nitrogen and oxygen atoms in total. The van der Waals surface area contributed by atoms with Gasteiger partial charge in [-0.1, -0.05) is 25.4 Å². The molecule has 1 heterocycles. The summed E-state index contributed by atoms with van der Waals surface area (Å²) in [6.07, 6.45) is -4.72. The van der Waals surface area contributed by atoms with E-state index in [0.717, 1.165) is 0 Å². The predicted octanol–water partition coefficient (Wildman–Crippen LogP) is 5.98. The van der Waals surface area contributed by atoms with Gasteiger partial charge in [-0.3, -0.25) is 4.79 Å². The van der Waals surface area contributed by atoms with Crippen LogP contribution in [0.2, 0.25) is 5.02 Å². The Bertz CT molecular complexity index is 857.